The lowest BCUT2D eigenvalue weighted by Crippen LogP contribution is -2.23. The molecule has 0 aromatic heterocycles. The Kier molecular flexibility index (Phi) is 12.9. The van der Waals surface area contributed by atoms with Crippen molar-refractivity contribution < 1.29 is 35.9 Å². The predicted molar refractivity (Wildman–Crippen MR) is 118 cm³/mol. The van der Waals surface area contributed by atoms with Crippen LogP contribution >= 0.6 is 10.7 Å². The Labute approximate surface area is 185 Å². The van der Waals surface area contributed by atoms with E-state index in [1.165, 1.54) is 0 Å². The van der Waals surface area contributed by atoms with Crippen LogP contribution < -0.4 is 10.5 Å². The van der Waals surface area contributed by atoms with Crippen LogP contribution in [0.3, 0.4) is 0 Å². The number of esters is 2. The Morgan fingerprint density at radius 1 is 0.839 bits per heavy atom. The lowest BCUT2D eigenvalue weighted by Gasteiger charge is -2.06. The van der Waals surface area contributed by atoms with E-state index < -0.39 is 42.5 Å². The molecule has 2 rings (SSSR count). The van der Waals surface area contributed by atoms with Gasteiger partial charge in [-0.3, -0.25) is 14.3 Å². The van der Waals surface area contributed by atoms with Crippen LogP contribution in [-0.2, 0) is 38.1 Å². The highest BCUT2D eigenvalue weighted by Crippen LogP contribution is 2.07. The van der Waals surface area contributed by atoms with Gasteiger partial charge in [0.25, 0.3) is 0 Å². The van der Waals surface area contributed by atoms with Crippen LogP contribution in [-0.4, -0.2) is 54.5 Å². The molecule has 0 atom stereocenters. The Balaban J connectivity index is 0.000000478. The number of para-hydroxylation sites is 2. The summed E-state index contributed by atoms with van der Waals surface area (Å²) in [7, 11) is -0.503. The molecule has 0 aliphatic heterocycles. The van der Waals surface area contributed by atoms with E-state index in [0.29, 0.717) is 5.69 Å². The number of benzene rings is 2. The number of carbonyl (C=O) groups excluding carboxylic acids is 2. The van der Waals surface area contributed by atoms with Crippen molar-refractivity contribution in [2.45, 2.75) is 0 Å². The molecule has 0 fully saturated rings. The van der Waals surface area contributed by atoms with Crippen molar-refractivity contribution in [3.05, 3.63) is 60.7 Å². The van der Waals surface area contributed by atoms with E-state index in [-0.39, 0.29) is 0 Å². The van der Waals surface area contributed by atoms with Crippen LogP contribution in [0.5, 0.6) is 0 Å². The van der Waals surface area contributed by atoms with Gasteiger partial charge in [0.2, 0.25) is 19.1 Å². The summed E-state index contributed by atoms with van der Waals surface area (Å²) in [6.45, 7) is 0. The van der Waals surface area contributed by atoms with Gasteiger partial charge >= 0.3 is 11.9 Å². The second-order valence-corrected chi connectivity index (χ2v) is 9.97. The second-order valence-electron chi connectivity index (χ2n) is 5.47. The highest BCUT2D eigenvalue weighted by Gasteiger charge is 2.16. The molecule has 0 unspecified atom stereocenters. The highest BCUT2D eigenvalue weighted by atomic mass is 35.7. The number of nitrogen functional groups attached to an aromatic ring is 1. The van der Waals surface area contributed by atoms with Gasteiger partial charge in [0.15, 0.2) is 11.5 Å². The monoisotopic (exact) mass is 494 g/mol. The fourth-order valence-electron chi connectivity index (χ4n) is 1.59. The molecule has 0 bridgehead atoms. The minimum Gasteiger partial charge on any atom is -0.468 e. The maximum Gasteiger partial charge on any atom is 0.322 e. The summed E-state index contributed by atoms with van der Waals surface area (Å²) < 4.78 is 53.4. The Bertz CT molecular complexity index is 1020. The molecular formula is C18H23ClN2O8S2. The summed E-state index contributed by atoms with van der Waals surface area (Å²) in [5.74, 6) is -3.10. The number of hydrogen-bond donors (Lipinski definition) is 2. The van der Waals surface area contributed by atoms with Crippen molar-refractivity contribution in [3.63, 3.8) is 0 Å². The van der Waals surface area contributed by atoms with Crippen LogP contribution in [0.25, 0.3) is 0 Å². The molecule has 0 amide bonds. The minimum absolute atomic E-state index is 0.418. The van der Waals surface area contributed by atoms with Crippen LogP contribution in [0.15, 0.2) is 60.7 Å². The zero-order valence-electron chi connectivity index (χ0n) is 16.7. The molecule has 10 nitrogen and oxygen atoms in total. The molecule has 0 spiro atoms. The Hall–Kier alpha value is -2.83. The van der Waals surface area contributed by atoms with Gasteiger partial charge in [-0.15, -0.1) is 0 Å². The molecule has 13 heteroatoms. The van der Waals surface area contributed by atoms with Crippen molar-refractivity contribution in [3.8, 4) is 0 Å². The zero-order valence-corrected chi connectivity index (χ0v) is 19.1. The lowest BCUT2D eigenvalue weighted by atomic mass is 10.3. The van der Waals surface area contributed by atoms with Crippen LogP contribution in [0, 0.1) is 0 Å². The summed E-state index contributed by atoms with van der Waals surface area (Å²) in [6.07, 6.45) is 0. The maximum absolute atomic E-state index is 11.4. The predicted octanol–water partition coefficient (Wildman–Crippen LogP) is 1.60. The number of anilines is 2. The summed E-state index contributed by atoms with van der Waals surface area (Å²) in [6, 6.07) is 17.8. The van der Waals surface area contributed by atoms with E-state index in [0.717, 1.165) is 19.9 Å². The third kappa shape index (κ3) is 16.6. The molecule has 3 N–H and O–H groups in total. The number of sulfonamides is 1. The quantitative estimate of drug-likeness (QED) is 0.345. The second kappa shape index (κ2) is 14.2. The molecule has 2 aromatic rings. The first-order valence-electron chi connectivity index (χ1n) is 8.30. The van der Waals surface area contributed by atoms with Crippen LogP contribution in [0.4, 0.5) is 11.4 Å². The summed E-state index contributed by atoms with van der Waals surface area (Å²) in [4.78, 5) is 20.9. The third-order valence-electron chi connectivity index (χ3n) is 2.90. The number of nitrogens with one attached hydrogen (secondary N) is 1. The van der Waals surface area contributed by atoms with Crippen LogP contribution in [0.1, 0.15) is 0 Å². The van der Waals surface area contributed by atoms with E-state index in [1.54, 1.807) is 30.3 Å². The maximum atomic E-state index is 11.4. The van der Waals surface area contributed by atoms with E-state index in [2.05, 4.69) is 24.9 Å². The number of halogens is 1. The smallest absolute Gasteiger partial charge is 0.322 e. The van der Waals surface area contributed by atoms with Gasteiger partial charge in [0, 0.05) is 22.1 Å². The van der Waals surface area contributed by atoms with Gasteiger partial charge in [0.05, 0.1) is 14.2 Å². The van der Waals surface area contributed by atoms with Crippen molar-refractivity contribution in [2.24, 2.45) is 0 Å². The number of rotatable bonds is 6. The normalized spacial score (nSPS) is 10.3. The minimum atomic E-state index is -3.74. The van der Waals surface area contributed by atoms with E-state index >= 15 is 0 Å². The number of nitrogens with two attached hydrogens (primary N) is 1. The molecule has 0 radical (unpaired) electrons. The Morgan fingerprint density at radius 3 is 1.58 bits per heavy atom. The molecule has 0 heterocycles. The van der Waals surface area contributed by atoms with Crippen molar-refractivity contribution in [2.75, 3.05) is 36.2 Å². The third-order valence-corrected chi connectivity index (χ3v) is 4.97. The van der Waals surface area contributed by atoms with Gasteiger partial charge in [0.1, 0.15) is 0 Å². The molecule has 172 valence electrons. The highest BCUT2D eigenvalue weighted by molar-refractivity contribution is 8.14. The average Bonchev–Trinajstić information content (AvgIpc) is 2.68. The fourth-order valence-corrected chi connectivity index (χ4v) is 3.25. The standard InChI is InChI=1S/C9H11NO4S.C6H7N.C3H5ClO4S/c1-14-9(11)7-15(12,13)10-8-5-3-2-4-6-8;7-6-4-2-1-3-5-6;1-8-3(5)2-9(4,6)7/h2-6,10H,7H2,1H3;1-5H,7H2;2H2,1H3. The van der Waals surface area contributed by atoms with E-state index in [4.69, 9.17) is 5.73 Å². The summed E-state index contributed by atoms with van der Waals surface area (Å²) in [5.41, 5.74) is 6.60. The summed E-state index contributed by atoms with van der Waals surface area (Å²) in [5, 5.41) is 0. The van der Waals surface area contributed by atoms with Crippen molar-refractivity contribution in [1.29, 1.82) is 0 Å². The van der Waals surface area contributed by atoms with Crippen LogP contribution in [0.2, 0.25) is 0 Å². The molecule has 2 aromatic carbocycles. The summed E-state index contributed by atoms with van der Waals surface area (Å²) >= 11 is 0. The SMILES string of the molecule is COC(=O)CS(=O)(=O)Cl.COC(=O)CS(=O)(=O)Nc1ccccc1.Nc1ccccc1. The largest absolute Gasteiger partial charge is 0.468 e. The topological polar surface area (TPSA) is 159 Å². The molecule has 0 aliphatic carbocycles. The first-order valence-corrected chi connectivity index (χ1v) is 12.4. The fraction of sp³-hybridized carbons (Fsp3) is 0.222. The zero-order chi connectivity index (χ0) is 23.9. The average molecular weight is 495 g/mol. The van der Waals surface area contributed by atoms with E-state index in [1.807, 2.05) is 30.3 Å². The molecule has 0 saturated heterocycles. The van der Waals surface area contributed by atoms with Gasteiger partial charge < -0.3 is 15.2 Å². The van der Waals surface area contributed by atoms with Crippen molar-refractivity contribution >= 4 is 53.1 Å². The number of methoxy groups -OCH3 is 2. The molecular weight excluding hydrogens is 472 g/mol. The van der Waals surface area contributed by atoms with Gasteiger partial charge in [-0.1, -0.05) is 36.4 Å². The van der Waals surface area contributed by atoms with Gasteiger partial charge in [-0.2, -0.15) is 0 Å². The molecule has 31 heavy (non-hydrogen) atoms. The van der Waals surface area contributed by atoms with Crippen molar-refractivity contribution in [1.82, 2.24) is 0 Å². The first-order chi connectivity index (χ1) is 14.4. The Morgan fingerprint density at radius 2 is 1.26 bits per heavy atom. The number of carbonyl (C=O) groups is 2. The molecule has 0 saturated carbocycles. The van der Waals surface area contributed by atoms with Gasteiger partial charge in [-0.25, -0.2) is 16.8 Å². The number of ether oxygens (including phenoxy) is 2. The lowest BCUT2D eigenvalue weighted by molar-refractivity contribution is -0.138. The van der Waals surface area contributed by atoms with Gasteiger partial charge in [-0.05, 0) is 24.3 Å². The molecule has 0 aliphatic rings. The van der Waals surface area contributed by atoms with E-state index in [9.17, 15) is 26.4 Å². The first kappa shape index (κ1) is 28.2. The number of hydrogen-bond acceptors (Lipinski definition) is 9.